The van der Waals surface area contributed by atoms with E-state index in [2.05, 4.69) is 15.9 Å². The third kappa shape index (κ3) is 6.05. The molecule has 112 valence electrons. The van der Waals surface area contributed by atoms with E-state index in [1.54, 1.807) is 0 Å². The number of hydrogen-bond acceptors (Lipinski definition) is 4. The molecule has 7 heteroatoms. The van der Waals surface area contributed by atoms with Crippen LogP contribution in [0.1, 0.15) is 34.1 Å². The zero-order valence-corrected chi connectivity index (χ0v) is 14.3. The molecular weight excluding hydrogens is 335 g/mol. The molecule has 0 aromatic heterocycles. The molecule has 1 aliphatic heterocycles. The Bertz CT molecular complexity index is 360. The number of carbonyl (C=O) groups excluding carboxylic acids is 1. The van der Waals surface area contributed by atoms with Crippen LogP contribution in [-0.4, -0.2) is 34.3 Å². The van der Waals surface area contributed by atoms with Crippen molar-refractivity contribution in [1.29, 1.82) is 0 Å². The fourth-order valence-corrected chi connectivity index (χ4v) is 3.52. The van der Waals surface area contributed by atoms with Crippen LogP contribution in [0.25, 0.3) is 0 Å². The molecule has 1 fully saturated rings. The first-order valence-electron chi connectivity index (χ1n) is 6.23. The van der Waals surface area contributed by atoms with Gasteiger partial charge in [0.05, 0.1) is 13.2 Å². The molecule has 3 atom stereocenters. The lowest BCUT2D eigenvalue weighted by Gasteiger charge is -2.37. The van der Waals surface area contributed by atoms with Crippen LogP contribution in [0.3, 0.4) is 0 Å². The van der Waals surface area contributed by atoms with Gasteiger partial charge in [0.1, 0.15) is 6.10 Å². The molecule has 1 N–H and O–H groups in total. The number of hydrogen-bond donors (Lipinski definition) is 1. The zero-order chi connectivity index (χ0) is 14.8. The molecule has 0 aliphatic carbocycles. The second-order valence-electron chi connectivity index (χ2n) is 6.24. The van der Waals surface area contributed by atoms with Crippen molar-refractivity contribution in [2.24, 2.45) is 11.3 Å². The molecule has 19 heavy (non-hydrogen) atoms. The Morgan fingerprint density at radius 2 is 2.05 bits per heavy atom. The number of ether oxygens (including phenoxy) is 1. The Morgan fingerprint density at radius 3 is 2.42 bits per heavy atom. The average Bonchev–Trinajstić information content (AvgIpc) is 2.94. The summed E-state index contributed by atoms with van der Waals surface area (Å²) in [5.41, 5.74) is -0.354. The van der Waals surface area contributed by atoms with Crippen molar-refractivity contribution in [3.05, 3.63) is 0 Å². The molecule has 0 amide bonds. The molecule has 0 radical (unpaired) electrons. The minimum absolute atomic E-state index is 0.0370. The van der Waals surface area contributed by atoms with E-state index in [0.29, 0.717) is 6.61 Å². The van der Waals surface area contributed by atoms with E-state index in [4.69, 9.17) is 14.2 Å². The van der Waals surface area contributed by atoms with E-state index in [1.807, 2.05) is 27.7 Å². The molecule has 0 aromatic rings. The van der Waals surface area contributed by atoms with Crippen LogP contribution in [-0.2, 0) is 18.6 Å². The molecule has 0 aromatic carbocycles. The van der Waals surface area contributed by atoms with Gasteiger partial charge in [-0.25, -0.2) is 0 Å². The molecule has 0 saturated carbocycles. The summed E-state index contributed by atoms with van der Waals surface area (Å²) < 4.78 is 20.5. The summed E-state index contributed by atoms with van der Waals surface area (Å²) in [6, 6.07) is 0. The van der Waals surface area contributed by atoms with Crippen LogP contribution in [0, 0.1) is 11.3 Å². The van der Waals surface area contributed by atoms with Crippen molar-refractivity contribution in [3.8, 4) is 0 Å². The van der Waals surface area contributed by atoms with E-state index in [0.717, 1.165) is 6.42 Å². The summed E-state index contributed by atoms with van der Waals surface area (Å²) in [4.78, 5) is 21.1. The summed E-state index contributed by atoms with van der Waals surface area (Å²) >= 11 is 3.58. The fourth-order valence-electron chi connectivity index (χ4n) is 2.49. The van der Waals surface area contributed by atoms with E-state index >= 15 is 0 Å². The highest BCUT2D eigenvalue weighted by Crippen LogP contribution is 2.41. The lowest BCUT2D eigenvalue weighted by molar-refractivity contribution is -0.129. The zero-order valence-electron chi connectivity index (χ0n) is 11.7. The standard InChI is InChI=1S/C12H22BrO5P/c1-11(2,7-12(3,4)13)8(5-18-19(15)16)10(14)9-6-17-9/h8-9,19H,5-7H2,1-4H3,(H,15,16). The number of carbonyl (C=O) groups is 1. The molecule has 0 bridgehead atoms. The van der Waals surface area contributed by atoms with Crippen LogP contribution < -0.4 is 0 Å². The third-order valence-electron chi connectivity index (χ3n) is 3.19. The summed E-state index contributed by atoms with van der Waals surface area (Å²) in [5, 5.41) is 0. The largest absolute Gasteiger partial charge is 0.365 e. The van der Waals surface area contributed by atoms with Gasteiger partial charge in [0.15, 0.2) is 5.78 Å². The summed E-state index contributed by atoms with van der Waals surface area (Å²) in [7, 11) is -3.03. The van der Waals surface area contributed by atoms with E-state index in [1.165, 1.54) is 0 Å². The van der Waals surface area contributed by atoms with E-state index in [-0.39, 0.29) is 28.2 Å². The van der Waals surface area contributed by atoms with Crippen molar-refractivity contribution in [2.45, 2.75) is 44.5 Å². The molecule has 1 aliphatic rings. The smallest absolute Gasteiger partial charge is 0.316 e. The van der Waals surface area contributed by atoms with Gasteiger partial charge in [0.25, 0.3) is 0 Å². The highest BCUT2D eigenvalue weighted by Gasteiger charge is 2.45. The predicted octanol–water partition coefficient (Wildman–Crippen LogP) is 2.56. The predicted molar refractivity (Wildman–Crippen MR) is 76.8 cm³/mol. The van der Waals surface area contributed by atoms with Gasteiger partial charge in [-0.3, -0.25) is 9.36 Å². The minimum atomic E-state index is -3.03. The van der Waals surface area contributed by atoms with E-state index in [9.17, 15) is 9.36 Å². The number of epoxide rings is 1. The Morgan fingerprint density at radius 1 is 1.53 bits per heavy atom. The van der Waals surface area contributed by atoms with Gasteiger partial charge in [-0.2, -0.15) is 0 Å². The summed E-state index contributed by atoms with van der Waals surface area (Å²) in [5.74, 6) is -0.483. The Kier molecular flexibility index (Phi) is 5.79. The van der Waals surface area contributed by atoms with Crippen molar-refractivity contribution in [3.63, 3.8) is 0 Å². The first-order valence-corrected chi connectivity index (χ1v) is 8.28. The van der Waals surface area contributed by atoms with Gasteiger partial charge in [0, 0.05) is 10.2 Å². The number of rotatable bonds is 8. The summed E-state index contributed by atoms with van der Waals surface area (Å²) in [6.07, 6.45) is 0.367. The second kappa shape index (κ2) is 6.35. The topological polar surface area (TPSA) is 76.1 Å². The molecular formula is C12H22BrO5P. The Hall–Kier alpha value is 0.260. The van der Waals surface area contributed by atoms with Crippen LogP contribution in [0.5, 0.6) is 0 Å². The van der Waals surface area contributed by atoms with Crippen molar-refractivity contribution >= 4 is 30.0 Å². The van der Waals surface area contributed by atoms with Gasteiger partial charge in [-0.05, 0) is 11.8 Å². The van der Waals surface area contributed by atoms with Crippen LogP contribution in [0.15, 0.2) is 0 Å². The first kappa shape index (κ1) is 17.3. The Labute approximate surface area is 123 Å². The maximum Gasteiger partial charge on any atom is 0.316 e. The lowest BCUT2D eigenvalue weighted by Crippen LogP contribution is -2.39. The quantitative estimate of drug-likeness (QED) is 0.411. The molecule has 5 nitrogen and oxygen atoms in total. The minimum Gasteiger partial charge on any atom is -0.365 e. The molecule has 1 rings (SSSR count). The third-order valence-corrected chi connectivity index (χ3v) is 3.88. The first-order chi connectivity index (χ1) is 8.53. The molecule has 1 heterocycles. The van der Waals surface area contributed by atoms with Crippen molar-refractivity contribution in [1.82, 2.24) is 0 Å². The van der Waals surface area contributed by atoms with Gasteiger partial charge < -0.3 is 14.2 Å². The molecule has 3 unspecified atom stereocenters. The SMILES string of the molecule is CC(C)(Br)CC(C)(C)C(CO[PH](=O)O)C(=O)C1CO1. The van der Waals surface area contributed by atoms with Crippen molar-refractivity contribution in [2.75, 3.05) is 13.2 Å². The van der Waals surface area contributed by atoms with E-state index < -0.39 is 14.2 Å². The summed E-state index contributed by atoms with van der Waals surface area (Å²) in [6.45, 7) is 8.40. The van der Waals surface area contributed by atoms with Crippen LogP contribution in [0.4, 0.5) is 0 Å². The highest BCUT2D eigenvalue weighted by atomic mass is 79.9. The normalized spacial score (nSPS) is 22.9. The monoisotopic (exact) mass is 356 g/mol. The van der Waals surface area contributed by atoms with Gasteiger partial charge in [0.2, 0.25) is 0 Å². The van der Waals surface area contributed by atoms with Crippen molar-refractivity contribution < 1.29 is 23.5 Å². The number of ketones is 1. The maximum atomic E-state index is 12.3. The Balaban J connectivity index is 2.80. The maximum absolute atomic E-state index is 12.3. The highest BCUT2D eigenvalue weighted by molar-refractivity contribution is 9.10. The molecule has 1 saturated heterocycles. The number of alkyl halides is 1. The second-order valence-corrected chi connectivity index (χ2v) is 9.21. The van der Waals surface area contributed by atoms with Gasteiger partial charge in [-0.1, -0.05) is 43.6 Å². The van der Waals surface area contributed by atoms with Crippen LogP contribution in [0.2, 0.25) is 0 Å². The number of Topliss-reactive ketones (excluding diaryl/α,β-unsaturated/α-hetero) is 1. The van der Waals surface area contributed by atoms with Gasteiger partial charge >= 0.3 is 8.25 Å². The van der Waals surface area contributed by atoms with Crippen LogP contribution >= 0.6 is 24.2 Å². The molecule has 0 spiro atoms. The fraction of sp³-hybridized carbons (Fsp3) is 0.917. The lowest BCUT2D eigenvalue weighted by atomic mass is 9.71. The number of halogens is 1. The van der Waals surface area contributed by atoms with Gasteiger partial charge in [-0.15, -0.1) is 0 Å². The average molecular weight is 357 g/mol.